The van der Waals surface area contributed by atoms with E-state index in [1.165, 1.54) is 0 Å². The van der Waals surface area contributed by atoms with Crippen LogP contribution in [-0.4, -0.2) is 17.8 Å². The minimum atomic E-state index is -0.369. The molecule has 2 heterocycles. The Bertz CT molecular complexity index is 458. The molecule has 0 saturated heterocycles. The van der Waals surface area contributed by atoms with E-state index in [0.29, 0.717) is 11.6 Å². The highest BCUT2D eigenvalue weighted by molar-refractivity contribution is 7.81. The lowest BCUT2D eigenvalue weighted by Gasteiger charge is -2.33. The Kier molecular flexibility index (Phi) is 1.79. The number of nitrogens with one attached hydrogen (secondary N) is 1. The molecule has 0 bridgehead atoms. The largest absolute Gasteiger partial charge is 0.493 e. The van der Waals surface area contributed by atoms with E-state index in [2.05, 4.69) is 10.3 Å². The van der Waals surface area contributed by atoms with Crippen molar-refractivity contribution in [2.45, 2.75) is 12.1 Å². The molecule has 4 heteroatoms. The number of thiocarbonyl (C=S) groups is 1. The van der Waals surface area contributed by atoms with Gasteiger partial charge < -0.3 is 10.1 Å². The van der Waals surface area contributed by atoms with Crippen molar-refractivity contribution >= 4 is 23.4 Å². The van der Waals surface area contributed by atoms with Crippen LogP contribution in [0.15, 0.2) is 29.3 Å². The normalized spacial score (nSPS) is 27.3. The van der Waals surface area contributed by atoms with Gasteiger partial charge in [-0.3, -0.25) is 4.99 Å². The Morgan fingerprint density at radius 2 is 2.27 bits per heavy atom. The molecule has 0 radical (unpaired) electrons. The van der Waals surface area contributed by atoms with Crippen LogP contribution in [0, 0.1) is 0 Å². The first-order valence-electron chi connectivity index (χ1n) is 4.90. The smallest absolute Gasteiger partial charge is 0.163 e. The Hall–Kier alpha value is -1.42. The van der Waals surface area contributed by atoms with Gasteiger partial charge in [-0.2, -0.15) is 0 Å². The summed E-state index contributed by atoms with van der Waals surface area (Å²) >= 11 is 5.10. The molecule has 1 aromatic rings. The second-order valence-corrected chi connectivity index (χ2v) is 4.14. The molecule has 1 unspecified atom stereocenters. The van der Waals surface area contributed by atoms with Crippen LogP contribution in [0.4, 0.5) is 0 Å². The summed E-state index contributed by atoms with van der Waals surface area (Å²) in [5, 5.41) is 3.25. The average Bonchev–Trinajstić information content (AvgIpc) is 2.62. The third-order valence-corrected chi connectivity index (χ3v) is 2.99. The molecule has 76 valence electrons. The van der Waals surface area contributed by atoms with Crippen LogP contribution in [0.5, 0.6) is 5.75 Å². The molecule has 1 N–H and O–H groups in total. The molecular formula is C11H10N2OS. The van der Waals surface area contributed by atoms with Crippen LogP contribution in [0.25, 0.3) is 0 Å². The molecule has 15 heavy (non-hydrogen) atoms. The van der Waals surface area contributed by atoms with Crippen molar-refractivity contribution in [1.82, 2.24) is 5.32 Å². The minimum Gasteiger partial charge on any atom is -0.493 e. The predicted octanol–water partition coefficient (Wildman–Crippen LogP) is 1.62. The van der Waals surface area contributed by atoms with E-state index in [-0.39, 0.29) is 5.66 Å². The van der Waals surface area contributed by atoms with E-state index in [1.54, 1.807) is 6.21 Å². The summed E-state index contributed by atoms with van der Waals surface area (Å²) in [6.07, 6.45) is 2.54. The number of benzene rings is 1. The first-order valence-corrected chi connectivity index (χ1v) is 5.31. The Morgan fingerprint density at radius 1 is 1.40 bits per heavy atom. The number of hydrogen-bond acceptors (Lipinski definition) is 3. The van der Waals surface area contributed by atoms with E-state index >= 15 is 0 Å². The van der Waals surface area contributed by atoms with Gasteiger partial charge in [0, 0.05) is 12.0 Å². The second kappa shape index (κ2) is 3.03. The standard InChI is InChI=1S/C11H10N2OS/c15-10-7-12-11(13-10)5-6-14-9-4-2-1-3-8(9)11/h1-4,7H,5-6H2,(H,13,15). The Balaban J connectivity index is 2.14. The summed E-state index contributed by atoms with van der Waals surface area (Å²) in [6, 6.07) is 7.96. The zero-order chi connectivity index (χ0) is 10.3. The molecule has 3 rings (SSSR count). The molecule has 3 nitrogen and oxygen atoms in total. The van der Waals surface area contributed by atoms with Crippen LogP contribution in [0.1, 0.15) is 12.0 Å². The minimum absolute atomic E-state index is 0.369. The van der Waals surface area contributed by atoms with E-state index in [0.717, 1.165) is 17.7 Å². The van der Waals surface area contributed by atoms with Crippen molar-refractivity contribution in [2.24, 2.45) is 4.99 Å². The number of fused-ring (bicyclic) bond motifs is 2. The summed E-state index contributed by atoms with van der Waals surface area (Å²) < 4.78 is 5.59. The first kappa shape index (κ1) is 8.85. The highest BCUT2D eigenvalue weighted by atomic mass is 32.1. The van der Waals surface area contributed by atoms with Gasteiger partial charge in [0.2, 0.25) is 0 Å². The number of rotatable bonds is 0. The fourth-order valence-electron chi connectivity index (χ4n) is 2.08. The van der Waals surface area contributed by atoms with Crippen LogP contribution < -0.4 is 10.1 Å². The molecule has 0 amide bonds. The van der Waals surface area contributed by atoms with Gasteiger partial charge in [0.05, 0.1) is 12.8 Å². The number of para-hydroxylation sites is 1. The van der Waals surface area contributed by atoms with Crippen LogP contribution in [-0.2, 0) is 5.66 Å². The molecule has 0 saturated carbocycles. The maximum atomic E-state index is 5.59. The summed E-state index contributed by atoms with van der Waals surface area (Å²) in [4.78, 5) is 5.19. The molecular weight excluding hydrogens is 208 g/mol. The highest BCUT2D eigenvalue weighted by Crippen LogP contribution is 2.38. The second-order valence-electron chi connectivity index (χ2n) is 3.70. The van der Waals surface area contributed by atoms with Crippen LogP contribution >= 0.6 is 12.2 Å². The lowest BCUT2D eigenvalue weighted by atomic mass is 9.94. The SMILES string of the molecule is S=C1C=NC2(CCOc3ccccc32)N1. The van der Waals surface area contributed by atoms with Crippen molar-refractivity contribution in [3.05, 3.63) is 29.8 Å². The Morgan fingerprint density at radius 3 is 3.07 bits per heavy atom. The molecule has 0 aromatic heterocycles. The van der Waals surface area contributed by atoms with Gasteiger partial charge in [0.1, 0.15) is 10.7 Å². The summed E-state index contributed by atoms with van der Waals surface area (Å²) in [5.41, 5.74) is 0.707. The van der Waals surface area contributed by atoms with Crippen molar-refractivity contribution < 1.29 is 4.74 Å². The Labute approximate surface area is 93.2 Å². The van der Waals surface area contributed by atoms with Gasteiger partial charge in [0.15, 0.2) is 5.66 Å². The maximum absolute atomic E-state index is 5.59. The van der Waals surface area contributed by atoms with Gasteiger partial charge in [-0.15, -0.1) is 0 Å². The third kappa shape index (κ3) is 1.25. The molecule has 1 spiro atoms. The van der Waals surface area contributed by atoms with Crippen molar-refractivity contribution in [3.8, 4) is 5.75 Å². The van der Waals surface area contributed by atoms with Crippen molar-refractivity contribution in [3.63, 3.8) is 0 Å². The lowest BCUT2D eigenvalue weighted by Crippen LogP contribution is -2.42. The zero-order valence-electron chi connectivity index (χ0n) is 8.06. The van der Waals surface area contributed by atoms with Crippen LogP contribution in [0.2, 0.25) is 0 Å². The highest BCUT2D eigenvalue weighted by Gasteiger charge is 2.39. The van der Waals surface area contributed by atoms with Gasteiger partial charge in [-0.05, 0) is 6.07 Å². The zero-order valence-corrected chi connectivity index (χ0v) is 8.88. The molecule has 2 aliphatic heterocycles. The number of aliphatic imine (C=N–C) groups is 1. The van der Waals surface area contributed by atoms with E-state index < -0.39 is 0 Å². The molecule has 0 fully saturated rings. The number of nitrogens with zero attached hydrogens (tertiary/aromatic N) is 1. The van der Waals surface area contributed by atoms with Gasteiger partial charge in [-0.1, -0.05) is 30.4 Å². The maximum Gasteiger partial charge on any atom is 0.163 e. The fraction of sp³-hybridized carbons (Fsp3) is 0.273. The van der Waals surface area contributed by atoms with Gasteiger partial charge in [0.25, 0.3) is 0 Å². The van der Waals surface area contributed by atoms with Crippen molar-refractivity contribution in [1.29, 1.82) is 0 Å². The predicted molar refractivity (Wildman–Crippen MR) is 62.5 cm³/mol. The molecule has 0 aliphatic carbocycles. The van der Waals surface area contributed by atoms with Gasteiger partial charge >= 0.3 is 0 Å². The quantitative estimate of drug-likeness (QED) is 0.672. The topological polar surface area (TPSA) is 33.6 Å². The fourth-order valence-corrected chi connectivity index (χ4v) is 2.30. The van der Waals surface area contributed by atoms with E-state index in [9.17, 15) is 0 Å². The number of hydrogen-bond donors (Lipinski definition) is 1. The average molecular weight is 218 g/mol. The molecule has 1 atom stereocenters. The summed E-state index contributed by atoms with van der Waals surface area (Å²) in [6.45, 7) is 0.671. The molecule has 2 aliphatic rings. The first-order chi connectivity index (χ1) is 7.30. The summed E-state index contributed by atoms with van der Waals surface area (Å²) in [7, 11) is 0. The van der Waals surface area contributed by atoms with Crippen LogP contribution in [0.3, 0.4) is 0 Å². The van der Waals surface area contributed by atoms with E-state index in [4.69, 9.17) is 17.0 Å². The van der Waals surface area contributed by atoms with E-state index in [1.807, 2.05) is 24.3 Å². The lowest BCUT2D eigenvalue weighted by molar-refractivity contribution is 0.212. The summed E-state index contributed by atoms with van der Waals surface area (Å²) in [5.74, 6) is 0.901. The molecule has 1 aromatic carbocycles. The monoisotopic (exact) mass is 218 g/mol. The van der Waals surface area contributed by atoms with Gasteiger partial charge in [-0.25, -0.2) is 0 Å². The third-order valence-electron chi connectivity index (χ3n) is 2.79. The van der Waals surface area contributed by atoms with Crippen molar-refractivity contribution in [2.75, 3.05) is 6.61 Å². The number of ether oxygens (including phenoxy) is 1.